The van der Waals surface area contributed by atoms with Gasteiger partial charge in [-0.25, -0.2) is 0 Å². The highest BCUT2D eigenvalue weighted by Gasteiger charge is 2.43. The van der Waals surface area contributed by atoms with E-state index >= 15 is 0 Å². The summed E-state index contributed by atoms with van der Waals surface area (Å²) < 4.78 is 23.8. The third kappa shape index (κ3) is 7.56. The van der Waals surface area contributed by atoms with Gasteiger partial charge in [-0.3, -0.25) is 9.36 Å². The summed E-state index contributed by atoms with van der Waals surface area (Å²) in [5.41, 5.74) is -1.58. The summed E-state index contributed by atoms with van der Waals surface area (Å²) in [6.07, 6.45) is 0. The number of hydrogen-bond donors (Lipinski definition) is 0. The SMILES string of the molecule is CC(C)(C)COP(=O)(OCC(C)(C)C)C(=O)C(C)(C)C. The molecule has 0 saturated carbocycles. The van der Waals surface area contributed by atoms with Crippen LogP contribution in [-0.4, -0.2) is 18.7 Å². The summed E-state index contributed by atoms with van der Waals surface area (Å²) in [5.74, 6) is 0. The Morgan fingerprint density at radius 1 is 0.800 bits per heavy atom. The van der Waals surface area contributed by atoms with Gasteiger partial charge in [-0.15, -0.1) is 0 Å². The molecule has 0 saturated heterocycles. The van der Waals surface area contributed by atoms with Crippen molar-refractivity contribution in [2.75, 3.05) is 13.2 Å². The van der Waals surface area contributed by atoms with E-state index in [1.54, 1.807) is 20.8 Å². The fourth-order valence-electron chi connectivity index (χ4n) is 1.12. The normalized spacial score (nSPS) is 14.4. The van der Waals surface area contributed by atoms with Gasteiger partial charge in [0.2, 0.25) is 5.52 Å². The lowest BCUT2D eigenvalue weighted by molar-refractivity contribution is -0.121. The molecule has 0 heterocycles. The molecule has 0 fully saturated rings. The van der Waals surface area contributed by atoms with Gasteiger partial charge in [0.15, 0.2) is 0 Å². The maximum Gasteiger partial charge on any atom is 0.397 e. The number of carbonyl (C=O) groups excluding carboxylic acids is 1. The Morgan fingerprint density at radius 2 is 1.10 bits per heavy atom. The van der Waals surface area contributed by atoms with Crippen LogP contribution in [0.25, 0.3) is 0 Å². The Labute approximate surface area is 124 Å². The molecule has 120 valence electrons. The van der Waals surface area contributed by atoms with Crippen LogP contribution in [0.3, 0.4) is 0 Å². The van der Waals surface area contributed by atoms with Gasteiger partial charge >= 0.3 is 7.60 Å². The van der Waals surface area contributed by atoms with Crippen molar-refractivity contribution in [1.29, 1.82) is 0 Å². The highest BCUT2D eigenvalue weighted by atomic mass is 31.2. The van der Waals surface area contributed by atoms with Crippen LogP contribution in [-0.2, 0) is 18.4 Å². The first-order valence-corrected chi connectivity index (χ1v) is 8.55. The zero-order valence-electron chi connectivity index (χ0n) is 14.5. The summed E-state index contributed by atoms with van der Waals surface area (Å²) in [6, 6.07) is 0. The van der Waals surface area contributed by atoms with E-state index in [1.807, 2.05) is 41.5 Å². The van der Waals surface area contributed by atoms with Crippen molar-refractivity contribution in [1.82, 2.24) is 0 Å². The molecule has 0 aromatic rings. The van der Waals surface area contributed by atoms with E-state index in [0.29, 0.717) is 0 Å². The molecule has 0 bridgehead atoms. The number of rotatable bonds is 5. The van der Waals surface area contributed by atoms with Gasteiger partial charge in [0.05, 0.1) is 13.2 Å². The zero-order chi connectivity index (χ0) is 16.4. The van der Waals surface area contributed by atoms with E-state index in [9.17, 15) is 9.36 Å². The van der Waals surface area contributed by atoms with Crippen LogP contribution in [0.15, 0.2) is 0 Å². The minimum absolute atomic E-state index is 0.182. The minimum Gasteiger partial charge on any atom is -0.303 e. The molecule has 0 aliphatic heterocycles. The van der Waals surface area contributed by atoms with Crippen LogP contribution in [0, 0.1) is 16.2 Å². The molecule has 20 heavy (non-hydrogen) atoms. The van der Waals surface area contributed by atoms with Crippen molar-refractivity contribution in [2.24, 2.45) is 16.2 Å². The van der Waals surface area contributed by atoms with Gasteiger partial charge in [0, 0.05) is 5.41 Å². The molecule has 0 N–H and O–H groups in total. The molecule has 0 aliphatic carbocycles. The maximum atomic E-state index is 12.9. The fraction of sp³-hybridized carbons (Fsp3) is 0.933. The molecule has 0 unspecified atom stereocenters. The first kappa shape index (κ1) is 19.8. The fourth-order valence-corrected chi connectivity index (χ4v) is 3.37. The van der Waals surface area contributed by atoms with Gasteiger partial charge in [-0.1, -0.05) is 62.3 Å². The van der Waals surface area contributed by atoms with Gasteiger partial charge in [-0.2, -0.15) is 0 Å². The third-order valence-corrected chi connectivity index (χ3v) is 4.33. The quantitative estimate of drug-likeness (QED) is 0.679. The summed E-state index contributed by atoms with van der Waals surface area (Å²) in [4.78, 5) is 12.4. The van der Waals surface area contributed by atoms with Crippen LogP contribution in [0.2, 0.25) is 0 Å². The monoisotopic (exact) mass is 306 g/mol. The predicted octanol–water partition coefficient (Wildman–Crippen LogP) is 4.88. The standard InChI is InChI=1S/C15H31O4P/c1-13(2,3)10-18-20(17,12(16)15(7,8)9)19-11-14(4,5)6/h10-11H2,1-9H3. The van der Waals surface area contributed by atoms with Gasteiger partial charge in [0.25, 0.3) is 0 Å². The van der Waals surface area contributed by atoms with E-state index in [0.717, 1.165) is 0 Å². The van der Waals surface area contributed by atoms with Crippen molar-refractivity contribution >= 4 is 13.1 Å². The zero-order valence-corrected chi connectivity index (χ0v) is 15.4. The largest absolute Gasteiger partial charge is 0.397 e. The molecular weight excluding hydrogens is 275 g/mol. The number of carbonyl (C=O) groups is 1. The Morgan fingerprint density at radius 3 is 1.30 bits per heavy atom. The maximum absolute atomic E-state index is 12.9. The first-order chi connectivity index (χ1) is 8.57. The average Bonchev–Trinajstić information content (AvgIpc) is 2.19. The molecule has 0 rings (SSSR count). The molecule has 0 aliphatic rings. The molecule has 4 nitrogen and oxygen atoms in total. The highest BCUT2D eigenvalue weighted by molar-refractivity contribution is 7.72. The molecule has 5 heteroatoms. The van der Waals surface area contributed by atoms with E-state index in [1.165, 1.54) is 0 Å². The lowest BCUT2D eigenvalue weighted by Crippen LogP contribution is -2.26. The molecule has 0 aromatic heterocycles. The van der Waals surface area contributed by atoms with Crippen molar-refractivity contribution in [3.63, 3.8) is 0 Å². The van der Waals surface area contributed by atoms with E-state index in [-0.39, 0.29) is 24.0 Å². The molecule has 0 radical (unpaired) electrons. The van der Waals surface area contributed by atoms with Crippen LogP contribution in [0.4, 0.5) is 0 Å². The summed E-state index contributed by atoms with van der Waals surface area (Å²) >= 11 is 0. The van der Waals surface area contributed by atoms with E-state index in [4.69, 9.17) is 9.05 Å². The van der Waals surface area contributed by atoms with E-state index in [2.05, 4.69) is 0 Å². The second-order valence-electron chi connectivity index (χ2n) is 8.72. The molecule has 0 atom stereocenters. The van der Waals surface area contributed by atoms with Crippen molar-refractivity contribution in [2.45, 2.75) is 62.3 Å². The van der Waals surface area contributed by atoms with Crippen LogP contribution >= 0.6 is 7.60 Å². The lowest BCUT2D eigenvalue weighted by Gasteiger charge is -2.29. The smallest absolute Gasteiger partial charge is 0.303 e. The van der Waals surface area contributed by atoms with Gasteiger partial charge in [-0.05, 0) is 10.8 Å². The minimum atomic E-state index is -3.76. The third-order valence-electron chi connectivity index (χ3n) is 2.23. The highest BCUT2D eigenvalue weighted by Crippen LogP contribution is 2.55. The summed E-state index contributed by atoms with van der Waals surface area (Å²) in [5, 5.41) is 0. The molecule has 0 spiro atoms. The van der Waals surface area contributed by atoms with Crippen molar-refractivity contribution < 1.29 is 18.4 Å². The second-order valence-corrected chi connectivity index (χ2v) is 10.6. The van der Waals surface area contributed by atoms with Crippen LogP contribution in [0.1, 0.15) is 62.3 Å². The summed E-state index contributed by atoms with van der Waals surface area (Å²) in [6.45, 7) is 17.4. The Balaban J connectivity index is 5.15. The molecule has 0 aromatic carbocycles. The second kappa shape index (κ2) is 6.29. The van der Waals surface area contributed by atoms with Gasteiger partial charge < -0.3 is 9.05 Å². The average molecular weight is 306 g/mol. The van der Waals surface area contributed by atoms with Crippen molar-refractivity contribution in [3.8, 4) is 0 Å². The van der Waals surface area contributed by atoms with Crippen molar-refractivity contribution in [3.05, 3.63) is 0 Å². The first-order valence-electron chi connectivity index (χ1n) is 7.01. The van der Waals surface area contributed by atoms with Crippen LogP contribution in [0.5, 0.6) is 0 Å². The van der Waals surface area contributed by atoms with Crippen LogP contribution < -0.4 is 0 Å². The summed E-state index contributed by atoms with van der Waals surface area (Å²) in [7, 11) is -3.76. The Kier molecular flexibility index (Phi) is 6.24. The number of hydrogen-bond acceptors (Lipinski definition) is 4. The van der Waals surface area contributed by atoms with Gasteiger partial charge in [0.1, 0.15) is 0 Å². The van der Waals surface area contributed by atoms with E-state index < -0.39 is 18.5 Å². The topological polar surface area (TPSA) is 52.6 Å². The molecular formula is C15H31O4P. The predicted molar refractivity (Wildman–Crippen MR) is 82.9 cm³/mol. The lowest BCUT2D eigenvalue weighted by atomic mass is 9.99. The Bertz CT molecular complexity index is 358. The Hall–Kier alpha value is -0.180. The molecule has 0 amide bonds.